The van der Waals surface area contributed by atoms with Gasteiger partial charge in [0.05, 0.1) is 0 Å². The van der Waals surface area contributed by atoms with Crippen molar-refractivity contribution < 1.29 is 19.1 Å². The molecule has 7 nitrogen and oxygen atoms in total. The van der Waals surface area contributed by atoms with Gasteiger partial charge in [0.1, 0.15) is 5.75 Å². The van der Waals surface area contributed by atoms with Crippen molar-refractivity contribution in [2.45, 2.75) is 33.8 Å². The summed E-state index contributed by atoms with van der Waals surface area (Å²) in [6.45, 7) is 6.84. The fourth-order valence-electron chi connectivity index (χ4n) is 2.28. The van der Waals surface area contributed by atoms with Crippen molar-refractivity contribution in [2.24, 2.45) is 0 Å². The maximum atomic E-state index is 12.2. The normalized spacial score (nSPS) is 11.3. The Morgan fingerprint density at radius 1 is 0.963 bits per heavy atom. The Labute approximate surface area is 158 Å². The van der Waals surface area contributed by atoms with Gasteiger partial charge in [-0.15, -0.1) is 0 Å². The minimum atomic E-state index is -0.784. The SMILES string of the molecule is CC(=O)Nc1ccc(C(=O)NNC(=O)C(C)Oc2cc(C)ccc2C)cc1. The number of aryl methyl sites for hydroxylation is 2. The molecule has 0 saturated heterocycles. The van der Waals surface area contributed by atoms with Crippen LogP contribution in [-0.2, 0) is 9.59 Å². The van der Waals surface area contributed by atoms with Crippen LogP contribution in [-0.4, -0.2) is 23.8 Å². The van der Waals surface area contributed by atoms with Crippen molar-refractivity contribution in [3.8, 4) is 5.75 Å². The summed E-state index contributed by atoms with van der Waals surface area (Å²) in [4.78, 5) is 35.3. The van der Waals surface area contributed by atoms with Gasteiger partial charge >= 0.3 is 0 Å². The third kappa shape index (κ3) is 5.85. The zero-order valence-corrected chi connectivity index (χ0v) is 15.8. The van der Waals surface area contributed by atoms with E-state index in [0.29, 0.717) is 17.0 Å². The van der Waals surface area contributed by atoms with Gasteiger partial charge in [-0.25, -0.2) is 0 Å². The number of hydrazine groups is 1. The first kappa shape index (κ1) is 20.0. The van der Waals surface area contributed by atoms with Crippen LogP contribution in [0, 0.1) is 13.8 Å². The molecule has 0 bridgehead atoms. The summed E-state index contributed by atoms with van der Waals surface area (Å²) in [5, 5.41) is 2.61. The minimum Gasteiger partial charge on any atom is -0.481 e. The summed E-state index contributed by atoms with van der Waals surface area (Å²) in [6.07, 6.45) is -0.784. The van der Waals surface area contributed by atoms with Crippen LogP contribution in [0.4, 0.5) is 5.69 Å². The number of anilines is 1. The van der Waals surface area contributed by atoms with E-state index in [0.717, 1.165) is 11.1 Å². The van der Waals surface area contributed by atoms with E-state index in [9.17, 15) is 14.4 Å². The first-order chi connectivity index (χ1) is 12.8. The Balaban J connectivity index is 1.89. The highest BCUT2D eigenvalue weighted by Crippen LogP contribution is 2.20. The average Bonchev–Trinajstić information content (AvgIpc) is 2.62. The highest BCUT2D eigenvalue weighted by atomic mass is 16.5. The van der Waals surface area contributed by atoms with Crippen LogP contribution in [0.5, 0.6) is 5.75 Å². The molecule has 3 amide bonds. The van der Waals surface area contributed by atoms with E-state index in [1.54, 1.807) is 31.2 Å². The second kappa shape index (κ2) is 8.84. The molecule has 27 heavy (non-hydrogen) atoms. The molecule has 0 aliphatic heterocycles. The number of ether oxygens (including phenoxy) is 1. The monoisotopic (exact) mass is 369 g/mol. The van der Waals surface area contributed by atoms with Gasteiger partial charge in [0.25, 0.3) is 11.8 Å². The quantitative estimate of drug-likeness (QED) is 0.706. The molecule has 0 aliphatic rings. The molecule has 1 unspecified atom stereocenters. The summed E-state index contributed by atoms with van der Waals surface area (Å²) in [5.41, 5.74) is 7.56. The number of rotatable bonds is 5. The third-order valence-electron chi connectivity index (χ3n) is 3.78. The first-order valence-corrected chi connectivity index (χ1v) is 8.48. The van der Waals surface area contributed by atoms with Crippen molar-refractivity contribution in [1.82, 2.24) is 10.9 Å². The van der Waals surface area contributed by atoms with Crippen molar-refractivity contribution in [2.75, 3.05) is 5.32 Å². The summed E-state index contributed by atoms with van der Waals surface area (Å²) in [5.74, 6) is -0.523. The zero-order valence-electron chi connectivity index (χ0n) is 15.8. The summed E-state index contributed by atoms with van der Waals surface area (Å²) in [6, 6.07) is 12.0. The minimum absolute atomic E-state index is 0.197. The topological polar surface area (TPSA) is 96.5 Å². The molecule has 2 aromatic carbocycles. The molecule has 1 atom stereocenters. The molecule has 0 fully saturated rings. The highest BCUT2D eigenvalue weighted by molar-refractivity contribution is 5.96. The van der Waals surface area contributed by atoms with Crippen LogP contribution in [0.1, 0.15) is 35.3 Å². The summed E-state index contributed by atoms with van der Waals surface area (Å²) in [7, 11) is 0. The van der Waals surface area contributed by atoms with Gasteiger partial charge in [-0.1, -0.05) is 12.1 Å². The lowest BCUT2D eigenvalue weighted by Gasteiger charge is -2.17. The molecule has 2 rings (SSSR count). The van der Waals surface area contributed by atoms with E-state index in [-0.39, 0.29) is 5.91 Å². The molecule has 0 spiro atoms. The van der Waals surface area contributed by atoms with Gasteiger partial charge in [-0.3, -0.25) is 25.2 Å². The third-order valence-corrected chi connectivity index (χ3v) is 3.78. The number of hydrogen-bond acceptors (Lipinski definition) is 4. The second-order valence-electron chi connectivity index (χ2n) is 6.23. The number of carbonyl (C=O) groups is 3. The Bertz CT molecular complexity index is 847. The van der Waals surface area contributed by atoms with Crippen LogP contribution in [0.2, 0.25) is 0 Å². The second-order valence-corrected chi connectivity index (χ2v) is 6.23. The van der Waals surface area contributed by atoms with E-state index in [1.165, 1.54) is 6.92 Å². The molecule has 0 aliphatic carbocycles. The molecule has 2 aromatic rings. The number of carbonyl (C=O) groups excluding carboxylic acids is 3. The smallest absolute Gasteiger partial charge is 0.279 e. The van der Waals surface area contributed by atoms with Crippen molar-refractivity contribution >= 4 is 23.4 Å². The molecule has 142 valence electrons. The van der Waals surface area contributed by atoms with E-state index in [2.05, 4.69) is 16.2 Å². The first-order valence-electron chi connectivity index (χ1n) is 8.48. The van der Waals surface area contributed by atoms with Crippen molar-refractivity contribution in [3.05, 3.63) is 59.2 Å². The fraction of sp³-hybridized carbons (Fsp3) is 0.250. The number of benzene rings is 2. The van der Waals surface area contributed by atoms with Gasteiger partial charge < -0.3 is 10.1 Å². The van der Waals surface area contributed by atoms with E-state index >= 15 is 0 Å². The largest absolute Gasteiger partial charge is 0.481 e. The molecule has 0 aromatic heterocycles. The maximum absolute atomic E-state index is 12.2. The lowest BCUT2D eigenvalue weighted by atomic mass is 10.1. The van der Waals surface area contributed by atoms with Crippen LogP contribution >= 0.6 is 0 Å². The Morgan fingerprint density at radius 2 is 1.63 bits per heavy atom. The van der Waals surface area contributed by atoms with Gasteiger partial charge in [-0.2, -0.15) is 0 Å². The molecular formula is C20H23N3O4. The van der Waals surface area contributed by atoms with E-state index < -0.39 is 17.9 Å². The molecular weight excluding hydrogens is 346 g/mol. The standard InChI is InChI=1S/C20H23N3O4/c1-12-5-6-13(2)18(11-12)27-14(3)19(25)22-23-20(26)16-7-9-17(10-8-16)21-15(4)24/h5-11,14H,1-4H3,(H,21,24)(H,22,25)(H,23,26). The van der Waals surface area contributed by atoms with E-state index in [1.807, 2.05) is 32.0 Å². The van der Waals surface area contributed by atoms with Gasteiger partial charge in [0.15, 0.2) is 6.10 Å². The molecule has 0 saturated carbocycles. The van der Waals surface area contributed by atoms with E-state index in [4.69, 9.17) is 4.74 Å². The van der Waals surface area contributed by atoms with Crippen LogP contribution in [0.25, 0.3) is 0 Å². The molecule has 0 radical (unpaired) electrons. The molecule has 0 heterocycles. The van der Waals surface area contributed by atoms with Gasteiger partial charge in [0.2, 0.25) is 5.91 Å². The summed E-state index contributed by atoms with van der Waals surface area (Å²) < 4.78 is 5.67. The van der Waals surface area contributed by atoms with Crippen LogP contribution < -0.4 is 20.9 Å². The zero-order chi connectivity index (χ0) is 20.0. The lowest BCUT2D eigenvalue weighted by Crippen LogP contribution is -2.47. The number of nitrogens with one attached hydrogen (secondary N) is 3. The highest BCUT2D eigenvalue weighted by Gasteiger charge is 2.17. The maximum Gasteiger partial charge on any atom is 0.279 e. The van der Waals surface area contributed by atoms with Crippen molar-refractivity contribution in [3.63, 3.8) is 0 Å². The number of hydrogen-bond donors (Lipinski definition) is 3. The van der Waals surface area contributed by atoms with Crippen LogP contribution in [0.3, 0.4) is 0 Å². The molecule has 3 N–H and O–H groups in total. The molecule has 7 heteroatoms. The van der Waals surface area contributed by atoms with Crippen molar-refractivity contribution in [1.29, 1.82) is 0 Å². The number of amides is 3. The summed E-state index contributed by atoms with van der Waals surface area (Å²) >= 11 is 0. The fourth-order valence-corrected chi connectivity index (χ4v) is 2.28. The van der Waals surface area contributed by atoms with Gasteiger partial charge in [0, 0.05) is 18.2 Å². The predicted octanol–water partition coefficient (Wildman–Crippen LogP) is 2.49. The average molecular weight is 369 g/mol. The Hall–Kier alpha value is -3.35. The van der Waals surface area contributed by atoms with Crippen LogP contribution in [0.15, 0.2) is 42.5 Å². The Kier molecular flexibility index (Phi) is 6.54. The predicted molar refractivity (Wildman–Crippen MR) is 102 cm³/mol. The van der Waals surface area contributed by atoms with Gasteiger partial charge in [-0.05, 0) is 62.2 Å². The Morgan fingerprint density at radius 3 is 2.26 bits per heavy atom. The lowest BCUT2D eigenvalue weighted by molar-refractivity contribution is -0.128.